The van der Waals surface area contributed by atoms with Crippen LogP contribution in [0.1, 0.15) is 6.92 Å². The Kier molecular flexibility index (Phi) is 5.65. The lowest BCUT2D eigenvalue weighted by Crippen LogP contribution is -2.39. The van der Waals surface area contributed by atoms with Crippen molar-refractivity contribution in [1.29, 1.82) is 0 Å². The molecule has 0 saturated carbocycles. The molecule has 1 amide bonds. The number of hydrogen-bond acceptors (Lipinski definition) is 5. The summed E-state index contributed by atoms with van der Waals surface area (Å²) in [5.41, 5.74) is 0. The van der Waals surface area contributed by atoms with Gasteiger partial charge in [0.1, 0.15) is 6.04 Å². The summed E-state index contributed by atoms with van der Waals surface area (Å²) in [7, 11) is 1.58. The molecule has 0 aliphatic carbocycles. The number of amides is 1. The first-order valence-electron chi connectivity index (χ1n) is 5.15. The molecule has 0 aliphatic heterocycles. The smallest absolute Gasteiger partial charge is 0.242 e. The highest BCUT2D eigenvalue weighted by Gasteiger charge is 2.14. The lowest BCUT2D eigenvalue weighted by atomic mass is 10.3. The van der Waals surface area contributed by atoms with Gasteiger partial charge in [0.25, 0.3) is 0 Å². The van der Waals surface area contributed by atoms with E-state index in [0.29, 0.717) is 19.0 Å². The molecule has 2 N–H and O–H groups in total. The van der Waals surface area contributed by atoms with Crippen molar-refractivity contribution in [2.75, 3.05) is 25.6 Å². The third-order valence-electron chi connectivity index (χ3n) is 2.01. The Labute approximate surface area is 105 Å². The zero-order valence-corrected chi connectivity index (χ0v) is 10.5. The average Bonchev–Trinajstić information content (AvgIpc) is 2.32. The van der Waals surface area contributed by atoms with Crippen LogP contribution in [0.4, 0.5) is 5.82 Å². The molecular weight excluding hydrogens is 244 g/mol. The summed E-state index contributed by atoms with van der Waals surface area (Å²) in [6, 6.07) is -0.443. The number of methoxy groups -OCH3 is 1. The normalized spacial score (nSPS) is 11.9. The molecule has 0 fully saturated rings. The summed E-state index contributed by atoms with van der Waals surface area (Å²) < 4.78 is 4.83. The van der Waals surface area contributed by atoms with Gasteiger partial charge in [0.2, 0.25) is 5.91 Å². The molecule has 1 aromatic heterocycles. The molecule has 0 saturated heterocycles. The molecule has 1 unspecified atom stereocenters. The van der Waals surface area contributed by atoms with Crippen molar-refractivity contribution in [3.63, 3.8) is 0 Å². The Morgan fingerprint density at radius 3 is 2.88 bits per heavy atom. The van der Waals surface area contributed by atoms with Crippen LogP contribution in [0.3, 0.4) is 0 Å². The topological polar surface area (TPSA) is 76.1 Å². The molecule has 6 nitrogen and oxygen atoms in total. The number of rotatable bonds is 6. The van der Waals surface area contributed by atoms with E-state index < -0.39 is 6.04 Å². The van der Waals surface area contributed by atoms with E-state index in [2.05, 4.69) is 20.6 Å². The molecule has 1 heterocycles. The van der Waals surface area contributed by atoms with Crippen molar-refractivity contribution in [2.45, 2.75) is 13.0 Å². The fourth-order valence-corrected chi connectivity index (χ4v) is 1.28. The molecule has 1 atom stereocenters. The number of carbonyl (C=O) groups is 1. The maximum absolute atomic E-state index is 11.6. The highest BCUT2D eigenvalue weighted by Crippen LogP contribution is 2.14. The average molecular weight is 259 g/mol. The van der Waals surface area contributed by atoms with Crippen molar-refractivity contribution in [3.05, 3.63) is 17.5 Å². The summed E-state index contributed by atoms with van der Waals surface area (Å²) in [4.78, 5) is 19.5. The minimum absolute atomic E-state index is 0.149. The van der Waals surface area contributed by atoms with Gasteiger partial charge in [-0.15, -0.1) is 0 Å². The SMILES string of the molecule is COCCNC(=O)C(C)Nc1nccnc1Cl. The van der Waals surface area contributed by atoms with Crippen LogP contribution in [0, 0.1) is 0 Å². The second kappa shape index (κ2) is 7.03. The maximum Gasteiger partial charge on any atom is 0.242 e. The van der Waals surface area contributed by atoms with E-state index >= 15 is 0 Å². The van der Waals surface area contributed by atoms with E-state index in [1.165, 1.54) is 12.4 Å². The van der Waals surface area contributed by atoms with Gasteiger partial charge in [-0.2, -0.15) is 0 Å². The maximum atomic E-state index is 11.6. The molecule has 17 heavy (non-hydrogen) atoms. The van der Waals surface area contributed by atoms with Crippen LogP contribution in [0.25, 0.3) is 0 Å². The monoisotopic (exact) mass is 258 g/mol. The zero-order chi connectivity index (χ0) is 12.7. The van der Waals surface area contributed by atoms with Crippen LogP contribution < -0.4 is 10.6 Å². The zero-order valence-electron chi connectivity index (χ0n) is 9.74. The van der Waals surface area contributed by atoms with Crippen molar-refractivity contribution in [2.24, 2.45) is 0 Å². The van der Waals surface area contributed by atoms with Crippen LogP contribution in [-0.4, -0.2) is 42.2 Å². The number of hydrogen-bond donors (Lipinski definition) is 2. The number of halogens is 1. The van der Waals surface area contributed by atoms with E-state index in [4.69, 9.17) is 16.3 Å². The third kappa shape index (κ3) is 4.54. The summed E-state index contributed by atoms with van der Waals surface area (Å²) in [6.45, 7) is 2.66. The predicted molar refractivity (Wildman–Crippen MR) is 65.0 cm³/mol. The van der Waals surface area contributed by atoms with Crippen molar-refractivity contribution >= 4 is 23.3 Å². The Bertz CT molecular complexity index is 375. The second-order valence-corrected chi connectivity index (χ2v) is 3.70. The Morgan fingerprint density at radius 1 is 1.53 bits per heavy atom. The minimum Gasteiger partial charge on any atom is -0.383 e. The number of nitrogens with zero attached hydrogens (tertiary/aromatic N) is 2. The highest BCUT2D eigenvalue weighted by molar-refractivity contribution is 6.31. The number of anilines is 1. The first-order valence-corrected chi connectivity index (χ1v) is 5.52. The fraction of sp³-hybridized carbons (Fsp3) is 0.500. The van der Waals surface area contributed by atoms with Gasteiger partial charge < -0.3 is 15.4 Å². The van der Waals surface area contributed by atoms with Crippen LogP contribution in [-0.2, 0) is 9.53 Å². The van der Waals surface area contributed by atoms with Crippen molar-refractivity contribution in [3.8, 4) is 0 Å². The van der Waals surface area contributed by atoms with E-state index in [0.717, 1.165) is 0 Å². The van der Waals surface area contributed by atoms with Gasteiger partial charge in [-0.25, -0.2) is 9.97 Å². The second-order valence-electron chi connectivity index (χ2n) is 3.35. The van der Waals surface area contributed by atoms with E-state index in [1.807, 2.05) is 0 Å². The Morgan fingerprint density at radius 2 is 2.24 bits per heavy atom. The van der Waals surface area contributed by atoms with E-state index in [1.54, 1.807) is 14.0 Å². The third-order valence-corrected chi connectivity index (χ3v) is 2.28. The fourth-order valence-electron chi connectivity index (χ4n) is 1.12. The highest BCUT2D eigenvalue weighted by atomic mass is 35.5. The summed E-state index contributed by atoms with van der Waals surface area (Å²) in [5.74, 6) is 0.243. The first-order chi connectivity index (χ1) is 8.15. The van der Waals surface area contributed by atoms with Crippen LogP contribution in [0.5, 0.6) is 0 Å². The molecular formula is C10H15ClN4O2. The number of carbonyl (C=O) groups excluding carboxylic acids is 1. The Balaban J connectivity index is 2.46. The van der Waals surface area contributed by atoms with Crippen molar-refractivity contribution < 1.29 is 9.53 Å². The van der Waals surface area contributed by atoms with Gasteiger partial charge in [0.05, 0.1) is 6.61 Å². The quantitative estimate of drug-likeness (QED) is 0.735. The summed E-state index contributed by atoms with van der Waals surface area (Å²) in [5, 5.41) is 5.82. The molecule has 0 bridgehead atoms. The largest absolute Gasteiger partial charge is 0.383 e. The van der Waals surface area contributed by atoms with Crippen molar-refractivity contribution in [1.82, 2.24) is 15.3 Å². The molecule has 0 aromatic carbocycles. The predicted octanol–water partition coefficient (Wildman–Crippen LogP) is 0.693. The molecule has 1 aromatic rings. The molecule has 94 valence electrons. The summed E-state index contributed by atoms with van der Waals surface area (Å²) >= 11 is 5.81. The molecule has 7 heteroatoms. The summed E-state index contributed by atoms with van der Waals surface area (Å²) in [6.07, 6.45) is 2.99. The Hall–Kier alpha value is -1.40. The van der Waals surface area contributed by atoms with Gasteiger partial charge in [-0.3, -0.25) is 4.79 Å². The van der Waals surface area contributed by atoms with Gasteiger partial charge in [0, 0.05) is 26.0 Å². The number of aromatic nitrogens is 2. The van der Waals surface area contributed by atoms with Gasteiger partial charge in [-0.05, 0) is 6.92 Å². The molecule has 1 rings (SSSR count). The number of ether oxygens (including phenoxy) is 1. The van der Waals surface area contributed by atoms with E-state index in [-0.39, 0.29) is 11.1 Å². The molecule has 0 radical (unpaired) electrons. The van der Waals surface area contributed by atoms with Crippen LogP contribution >= 0.6 is 11.6 Å². The van der Waals surface area contributed by atoms with Gasteiger partial charge >= 0.3 is 0 Å². The van der Waals surface area contributed by atoms with Crippen LogP contribution in [0.2, 0.25) is 5.15 Å². The van der Waals surface area contributed by atoms with Gasteiger partial charge in [0.15, 0.2) is 11.0 Å². The lowest BCUT2D eigenvalue weighted by molar-refractivity contribution is -0.121. The van der Waals surface area contributed by atoms with Crippen LogP contribution in [0.15, 0.2) is 12.4 Å². The molecule has 0 spiro atoms. The molecule has 0 aliphatic rings. The van der Waals surface area contributed by atoms with E-state index in [9.17, 15) is 4.79 Å². The first kappa shape index (κ1) is 13.7. The number of nitrogens with one attached hydrogen (secondary N) is 2. The lowest BCUT2D eigenvalue weighted by Gasteiger charge is -2.14. The standard InChI is InChI=1S/C10H15ClN4O2/c1-7(10(16)14-5-6-17-2)15-9-8(11)12-3-4-13-9/h3-4,7H,5-6H2,1-2H3,(H,13,15)(H,14,16). The van der Waals surface area contributed by atoms with Gasteiger partial charge in [-0.1, -0.05) is 11.6 Å². The minimum atomic E-state index is -0.443.